The summed E-state index contributed by atoms with van der Waals surface area (Å²) >= 11 is 0. The first-order valence-corrected chi connectivity index (χ1v) is 8.92. The second-order valence-corrected chi connectivity index (χ2v) is 7.20. The normalized spacial score (nSPS) is 28.3. The van der Waals surface area contributed by atoms with Crippen molar-refractivity contribution in [3.8, 4) is 0 Å². The zero-order chi connectivity index (χ0) is 15.4. The smallest absolute Gasteiger partial charge is 0.0682 e. The Morgan fingerprint density at radius 2 is 1.95 bits per heavy atom. The minimum atomic E-state index is -0.169. The average Bonchev–Trinajstić information content (AvgIpc) is 3.16. The van der Waals surface area contributed by atoms with Gasteiger partial charge in [0.05, 0.1) is 6.10 Å². The van der Waals surface area contributed by atoms with Gasteiger partial charge in [0.1, 0.15) is 0 Å². The van der Waals surface area contributed by atoms with Gasteiger partial charge in [-0.25, -0.2) is 0 Å². The number of hydrogen-bond donors (Lipinski definition) is 2. The topological polar surface area (TPSA) is 35.5 Å². The molecule has 3 nitrogen and oxygen atoms in total. The van der Waals surface area contributed by atoms with Gasteiger partial charge in [0, 0.05) is 31.7 Å². The molecular weight excluding hydrogens is 272 g/mol. The Labute approximate surface area is 134 Å². The maximum absolute atomic E-state index is 10.1. The lowest BCUT2D eigenvalue weighted by atomic mass is 9.99. The molecule has 1 saturated heterocycles. The summed E-state index contributed by atoms with van der Waals surface area (Å²) in [5.74, 6) is 0.855. The van der Waals surface area contributed by atoms with Crippen molar-refractivity contribution in [2.45, 2.75) is 63.8 Å². The second-order valence-electron chi connectivity index (χ2n) is 7.20. The molecule has 1 aliphatic heterocycles. The summed E-state index contributed by atoms with van der Waals surface area (Å²) in [4.78, 5) is 2.44. The van der Waals surface area contributed by atoms with Gasteiger partial charge in [-0.2, -0.15) is 0 Å². The van der Waals surface area contributed by atoms with Crippen LogP contribution in [0.15, 0.2) is 30.3 Å². The molecule has 2 aliphatic rings. The molecule has 0 amide bonds. The SMILES string of the molecule is CC(NCC1CC(O)CN1Cc1ccccc1)C1CCCC1. The van der Waals surface area contributed by atoms with Crippen molar-refractivity contribution >= 4 is 0 Å². The van der Waals surface area contributed by atoms with Crippen molar-refractivity contribution in [1.82, 2.24) is 10.2 Å². The second kappa shape index (κ2) is 7.58. The van der Waals surface area contributed by atoms with E-state index < -0.39 is 0 Å². The molecule has 122 valence electrons. The number of likely N-dealkylation sites (tertiary alicyclic amines) is 1. The minimum Gasteiger partial charge on any atom is -0.392 e. The van der Waals surface area contributed by atoms with E-state index >= 15 is 0 Å². The van der Waals surface area contributed by atoms with Gasteiger partial charge >= 0.3 is 0 Å². The van der Waals surface area contributed by atoms with Gasteiger partial charge in [-0.3, -0.25) is 4.90 Å². The average molecular weight is 302 g/mol. The van der Waals surface area contributed by atoms with Gasteiger partial charge in [0.25, 0.3) is 0 Å². The Kier molecular flexibility index (Phi) is 5.51. The van der Waals surface area contributed by atoms with E-state index in [1.165, 1.54) is 31.2 Å². The summed E-state index contributed by atoms with van der Waals surface area (Å²) in [7, 11) is 0. The predicted octanol–water partition coefficient (Wildman–Crippen LogP) is 2.79. The number of benzene rings is 1. The summed E-state index contributed by atoms with van der Waals surface area (Å²) in [5.41, 5.74) is 1.34. The van der Waals surface area contributed by atoms with E-state index in [0.29, 0.717) is 12.1 Å². The van der Waals surface area contributed by atoms with Crippen LogP contribution in [0.1, 0.15) is 44.6 Å². The Balaban J connectivity index is 1.52. The molecule has 2 fully saturated rings. The Bertz CT molecular complexity index is 444. The number of rotatable bonds is 6. The van der Waals surface area contributed by atoms with Crippen molar-refractivity contribution in [3.05, 3.63) is 35.9 Å². The Morgan fingerprint density at radius 1 is 1.23 bits per heavy atom. The van der Waals surface area contributed by atoms with E-state index in [1.54, 1.807) is 0 Å². The summed E-state index contributed by atoms with van der Waals surface area (Å²) in [6, 6.07) is 11.7. The molecule has 0 aromatic heterocycles. The molecule has 1 aromatic rings. The highest BCUT2D eigenvalue weighted by atomic mass is 16.3. The summed E-state index contributed by atoms with van der Waals surface area (Å²) < 4.78 is 0. The number of hydrogen-bond acceptors (Lipinski definition) is 3. The van der Waals surface area contributed by atoms with Crippen LogP contribution < -0.4 is 5.32 Å². The van der Waals surface area contributed by atoms with E-state index in [4.69, 9.17) is 0 Å². The molecule has 0 radical (unpaired) electrons. The van der Waals surface area contributed by atoms with Crippen LogP contribution in [0.5, 0.6) is 0 Å². The van der Waals surface area contributed by atoms with Crippen molar-refractivity contribution in [3.63, 3.8) is 0 Å². The quantitative estimate of drug-likeness (QED) is 0.848. The molecule has 0 spiro atoms. The van der Waals surface area contributed by atoms with Crippen molar-refractivity contribution in [2.24, 2.45) is 5.92 Å². The van der Waals surface area contributed by atoms with Gasteiger partial charge in [-0.05, 0) is 37.7 Å². The molecule has 1 heterocycles. The molecule has 1 aliphatic carbocycles. The van der Waals surface area contributed by atoms with Crippen molar-refractivity contribution < 1.29 is 5.11 Å². The fourth-order valence-electron chi connectivity index (χ4n) is 4.13. The highest BCUT2D eigenvalue weighted by molar-refractivity contribution is 5.15. The highest BCUT2D eigenvalue weighted by Crippen LogP contribution is 2.28. The van der Waals surface area contributed by atoms with Crippen LogP contribution in [-0.4, -0.2) is 41.3 Å². The number of nitrogens with zero attached hydrogens (tertiary/aromatic N) is 1. The summed E-state index contributed by atoms with van der Waals surface area (Å²) in [5, 5.41) is 13.8. The lowest BCUT2D eigenvalue weighted by molar-refractivity contribution is 0.172. The molecule has 2 N–H and O–H groups in total. The minimum absolute atomic E-state index is 0.169. The maximum atomic E-state index is 10.1. The molecule has 0 bridgehead atoms. The van der Waals surface area contributed by atoms with E-state index in [2.05, 4.69) is 47.5 Å². The molecule has 1 saturated carbocycles. The number of aliphatic hydroxyl groups excluding tert-OH is 1. The van der Waals surface area contributed by atoms with Crippen LogP contribution in [0.2, 0.25) is 0 Å². The number of aliphatic hydroxyl groups is 1. The van der Waals surface area contributed by atoms with Gasteiger partial charge < -0.3 is 10.4 Å². The number of nitrogens with one attached hydrogen (secondary N) is 1. The van der Waals surface area contributed by atoms with Crippen LogP contribution in [0, 0.1) is 5.92 Å². The fraction of sp³-hybridized carbons (Fsp3) is 0.684. The highest BCUT2D eigenvalue weighted by Gasteiger charge is 2.31. The molecular formula is C19H30N2O. The van der Waals surface area contributed by atoms with Gasteiger partial charge in [0.15, 0.2) is 0 Å². The van der Waals surface area contributed by atoms with Crippen LogP contribution >= 0.6 is 0 Å². The third-order valence-corrected chi connectivity index (χ3v) is 5.52. The molecule has 1 aromatic carbocycles. The molecule has 22 heavy (non-hydrogen) atoms. The molecule has 3 atom stereocenters. The number of β-amino-alcohol motifs (C(OH)–C–C–N with tert-alkyl or cyclic N) is 1. The van der Waals surface area contributed by atoms with Gasteiger partial charge in [0.2, 0.25) is 0 Å². The molecule has 3 heteroatoms. The van der Waals surface area contributed by atoms with Crippen molar-refractivity contribution in [1.29, 1.82) is 0 Å². The van der Waals surface area contributed by atoms with E-state index in [9.17, 15) is 5.11 Å². The Morgan fingerprint density at radius 3 is 2.68 bits per heavy atom. The van der Waals surface area contributed by atoms with Crippen molar-refractivity contribution in [2.75, 3.05) is 13.1 Å². The third-order valence-electron chi connectivity index (χ3n) is 5.52. The van der Waals surface area contributed by atoms with E-state index in [1.807, 2.05) is 0 Å². The Hall–Kier alpha value is -0.900. The van der Waals surface area contributed by atoms with Gasteiger partial charge in [-0.1, -0.05) is 43.2 Å². The lowest BCUT2D eigenvalue weighted by Crippen LogP contribution is -2.42. The van der Waals surface area contributed by atoms with Crippen LogP contribution in [-0.2, 0) is 6.54 Å². The van der Waals surface area contributed by atoms with Gasteiger partial charge in [-0.15, -0.1) is 0 Å². The first-order valence-electron chi connectivity index (χ1n) is 8.92. The molecule has 3 unspecified atom stereocenters. The maximum Gasteiger partial charge on any atom is 0.0682 e. The van der Waals surface area contributed by atoms with Crippen LogP contribution in [0.3, 0.4) is 0 Å². The van der Waals surface area contributed by atoms with Crippen LogP contribution in [0.25, 0.3) is 0 Å². The zero-order valence-corrected chi connectivity index (χ0v) is 13.7. The zero-order valence-electron chi connectivity index (χ0n) is 13.7. The van der Waals surface area contributed by atoms with Crippen LogP contribution in [0.4, 0.5) is 0 Å². The summed E-state index contributed by atoms with van der Waals surface area (Å²) in [6.07, 6.45) is 6.30. The van der Waals surface area contributed by atoms with E-state index in [0.717, 1.165) is 32.0 Å². The summed E-state index contributed by atoms with van der Waals surface area (Å²) in [6.45, 7) is 5.09. The molecule has 3 rings (SSSR count). The first kappa shape index (κ1) is 16.0. The monoisotopic (exact) mass is 302 g/mol. The first-order chi connectivity index (χ1) is 10.7. The predicted molar refractivity (Wildman–Crippen MR) is 90.7 cm³/mol. The fourth-order valence-corrected chi connectivity index (χ4v) is 4.13. The third kappa shape index (κ3) is 4.09. The lowest BCUT2D eigenvalue weighted by Gasteiger charge is -2.28. The standard InChI is InChI=1S/C19H30N2O/c1-15(17-9-5-6-10-17)20-12-18-11-19(22)14-21(18)13-16-7-3-2-4-8-16/h2-4,7-8,15,17-20,22H,5-6,9-14H2,1H3. The largest absolute Gasteiger partial charge is 0.392 e. The van der Waals surface area contributed by atoms with E-state index in [-0.39, 0.29) is 6.10 Å².